The first-order valence-corrected chi connectivity index (χ1v) is 6.11. The molecular weight excluding hydrogens is 161 g/mol. The molecule has 2 N–H and O–H groups in total. The van der Waals surface area contributed by atoms with Gasteiger partial charge in [0.2, 0.25) is 0 Å². The molecule has 0 aliphatic carbocycles. The zero-order valence-corrected chi connectivity index (χ0v) is 7.28. The van der Waals surface area contributed by atoms with Gasteiger partial charge in [-0.05, 0) is 0 Å². The van der Waals surface area contributed by atoms with Crippen LogP contribution in [0.15, 0.2) is 0 Å². The topological polar surface area (TPSA) is 31.5 Å². The lowest BCUT2D eigenvalue weighted by molar-refractivity contribution is -0.130. The maximum absolute atomic E-state index is 11.4. The van der Waals surface area contributed by atoms with Crippen molar-refractivity contribution in [3.8, 4) is 0 Å². The average Bonchev–Trinajstić information content (AvgIpc) is 1.59. The molecule has 10 heavy (non-hydrogen) atoms. The molecule has 0 amide bonds. The third kappa shape index (κ3) is 10.9. The molecule has 0 atom stereocenters. The van der Waals surface area contributed by atoms with E-state index in [0.29, 0.717) is 6.04 Å². The van der Waals surface area contributed by atoms with Gasteiger partial charge in [-0.1, -0.05) is 19.1 Å². The van der Waals surface area contributed by atoms with Gasteiger partial charge in [-0.25, -0.2) is 0 Å². The Labute approximate surface area is 60.2 Å². The van der Waals surface area contributed by atoms with Crippen molar-refractivity contribution in [2.75, 3.05) is 0 Å². The predicted molar refractivity (Wildman–Crippen MR) is 38.0 cm³/mol. The highest BCUT2D eigenvalue weighted by Gasteiger charge is 2.26. The molecule has 0 saturated heterocycles. The second-order valence-electron chi connectivity index (χ2n) is 2.55. The van der Waals surface area contributed by atoms with Gasteiger partial charge in [-0.2, -0.15) is 13.2 Å². The molecule has 0 aromatic rings. The highest BCUT2D eigenvalue weighted by atomic mass is 28.3. The predicted octanol–water partition coefficient (Wildman–Crippen LogP) is 1.60. The molecule has 0 radical (unpaired) electrons. The van der Waals surface area contributed by atoms with Gasteiger partial charge in [0.05, 0.1) is 0 Å². The monoisotopic (exact) mass is 174 g/mol. The number of rotatable bonds is 2. The number of halogens is 3. The molecule has 0 aliphatic rings. The summed E-state index contributed by atoms with van der Waals surface area (Å²) < 4.78 is 34.3. The zero-order chi connectivity index (χ0) is 7.49. The molecule has 0 aliphatic heterocycles. The lowest BCUT2D eigenvalue weighted by atomic mass is 10.5. The van der Waals surface area contributed by atoms with Crippen molar-refractivity contribution in [2.24, 2.45) is 0 Å². The van der Waals surface area contributed by atoms with Gasteiger partial charge in [-0.3, -0.25) is 0 Å². The van der Waals surface area contributed by atoms with E-state index in [2.05, 4.69) is 0 Å². The molecule has 1 nitrogen and oxygen atoms in total. The first-order valence-electron chi connectivity index (χ1n) is 2.98. The molecule has 0 aromatic heterocycles. The summed E-state index contributed by atoms with van der Waals surface area (Å²) in [7, 11) is -0.990. The Morgan fingerprint density at radius 2 is 1.60 bits per heavy atom. The molecule has 0 heterocycles. The second-order valence-corrected chi connectivity index (χ2v) is 5.91. The Morgan fingerprint density at radius 1 is 1.20 bits per heavy atom. The minimum Gasteiger partial charge on any atom is -0.412 e. The lowest BCUT2D eigenvalue weighted by Crippen LogP contribution is -2.11. The molecule has 0 aromatic carbocycles. The molecule has 0 saturated carbocycles. The minimum atomic E-state index is -3.93. The van der Waals surface area contributed by atoms with Crippen LogP contribution in [0.1, 0.15) is 6.42 Å². The zero-order valence-electron chi connectivity index (χ0n) is 6.13. The molecule has 0 rings (SSSR count). The second kappa shape index (κ2) is 4.73. The summed E-state index contributed by atoms with van der Waals surface area (Å²) in [4.78, 5) is 0. The van der Waals surface area contributed by atoms with Crippen LogP contribution in [0.3, 0.4) is 0 Å². The standard InChI is InChI=1S/C5H11F3Si.H2O/c1-9(2)4-3-5(6,7)8;/h9H,3-4H2,1-2H3;1H2. The molecular formula is C5H13F3OSi. The van der Waals surface area contributed by atoms with E-state index in [1.165, 1.54) is 0 Å². The summed E-state index contributed by atoms with van der Waals surface area (Å²) in [6.45, 7) is 3.84. The number of hydrogen-bond donors (Lipinski definition) is 0. The van der Waals surface area contributed by atoms with E-state index >= 15 is 0 Å². The number of hydrogen-bond acceptors (Lipinski definition) is 0. The van der Waals surface area contributed by atoms with Gasteiger partial charge in [0, 0.05) is 15.2 Å². The fourth-order valence-electron chi connectivity index (χ4n) is 0.452. The van der Waals surface area contributed by atoms with Crippen molar-refractivity contribution in [2.45, 2.75) is 31.7 Å². The normalized spacial score (nSPS) is 11.4. The summed E-state index contributed by atoms with van der Waals surface area (Å²) in [6.07, 6.45) is -4.52. The van der Waals surface area contributed by atoms with E-state index in [-0.39, 0.29) is 5.48 Å². The Kier molecular flexibility index (Phi) is 5.97. The maximum Gasteiger partial charge on any atom is 0.388 e. The van der Waals surface area contributed by atoms with Crippen molar-refractivity contribution in [3.05, 3.63) is 0 Å². The van der Waals surface area contributed by atoms with Crippen LogP contribution in [0.2, 0.25) is 19.1 Å². The van der Waals surface area contributed by atoms with Crippen LogP contribution in [-0.2, 0) is 0 Å². The summed E-state index contributed by atoms with van der Waals surface area (Å²) in [5.41, 5.74) is 0. The summed E-state index contributed by atoms with van der Waals surface area (Å²) in [6, 6.07) is 0.378. The highest BCUT2D eigenvalue weighted by molar-refractivity contribution is 6.55. The van der Waals surface area contributed by atoms with E-state index in [0.717, 1.165) is 0 Å². The molecule has 0 spiro atoms. The molecule has 0 bridgehead atoms. The largest absolute Gasteiger partial charge is 0.412 e. The third-order valence-corrected chi connectivity index (χ3v) is 2.45. The van der Waals surface area contributed by atoms with Crippen LogP contribution < -0.4 is 0 Å². The smallest absolute Gasteiger partial charge is 0.388 e. The van der Waals surface area contributed by atoms with Crippen LogP contribution in [0.25, 0.3) is 0 Å². The minimum absolute atomic E-state index is 0. The van der Waals surface area contributed by atoms with E-state index in [1.54, 1.807) is 0 Å². The van der Waals surface area contributed by atoms with E-state index in [4.69, 9.17) is 0 Å². The van der Waals surface area contributed by atoms with Crippen molar-refractivity contribution < 1.29 is 18.6 Å². The van der Waals surface area contributed by atoms with Crippen LogP contribution in [0.5, 0.6) is 0 Å². The number of alkyl halides is 3. The molecule has 5 heteroatoms. The quantitative estimate of drug-likeness (QED) is 0.569. The van der Waals surface area contributed by atoms with E-state index < -0.39 is 21.4 Å². The van der Waals surface area contributed by atoms with Gasteiger partial charge in [-0.15, -0.1) is 0 Å². The Bertz CT molecular complexity index is 81.5. The van der Waals surface area contributed by atoms with Crippen LogP contribution in [0, 0.1) is 0 Å². The lowest BCUT2D eigenvalue weighted by Gasteiger charge is -2.06. The van der Waals surface area contributed by atoms with Crippen LogP contribution >= 0.6 is 0 Å². The van der Waals surface area contributed by atoms with E-state index in [9.17, 15) is 13.2 Å². The van der Waals surface area contributed by atoms with Crippen LogP contribution in [-0.4, -0.2) is 20.4 Å². The van der Waals surface area contributed by atoms with Crippen LogP contribution in [0.4, 0.5) is 13.2 Å². The molecule has 0 unspecified atom stereocenters. The summed E-state index contributed by atoms with van der Waals surface area (Å²) in [5, 5.41) is 0. The van der Waals surface area contributed by atoms with Crippen molar-refractivity contribution in [1.29, 1.82) is 0 Å². The Balaban J connectivity index is 0. The van der Waals surface area contributed by atoms with E-state index in [1.807, 2.05) is 13.1 Å². The summed E-state index contributed by atoms with van der Waals surface area (Å²) >= 11 is 0. The Hall–Kier alpha value is -0.0331. The first-order chi connectivity index (χ1) is 3.92. The Morgan fingerprint density at radius 3 is 1.70 bits per heavy atom. The van der Waals surface area contributed by atoms with Crippen molar-refractivity contribution in [3.63, 3.8) is 0 Å². The van der Waals surface area contributed by atoms with Gasteiger partial charge in [0.15, 0.2) is 0 Å². The fourth-order valence-corrected chi connectivity index (χ4v) is 1.36. The third-order valence-electron chi connectivity index (χ3n) is 1.01. The molecule has 64 valence electrons. The van der Waals surface area contributed by atoms with Gasteiger partial charge >= 0.3 is 6.18 Å². The summed E-state index contributed by atoms with van der Waals surface area (Å²) in [5.74, 6) is 0. The van der Waals surface area contributed by atoms with Crippen molar-refractivity contribution in [1.82, 2.24) is 0 Å². The van der Waals surface area contributed by atoms with Gasteiger partial charge < -0.3 is 5.48 Å². The van der Waals surface area contributed by atoms with Gasteiger partial charge in [0.25, 0.3) is 0 Å². The average molecular weight is 174 g/mol. The van der Waals surface area contributed by atoms with Gasteiger partial charge in [0.1, 0.15) is 0 Å². The highest BCUT2D eigenvalue weighted by Crippen LogP contribution is 2.22. The molecule has 0 fully saturated rings. The van der Waals surface area contributed by atoms with Crippen molar-refractivity contribution >= 4 is 8.80 Å². The maximum atomic E-state index is 11.4. The SMILES string of the molecule is C[SiH](C)CCC(F)(F)F.O. The fraction of sp³-hybridized carbons (Fsp3) is 1.00. The first kappa shape index (κ1) is 12.6.